The Bertz CT molecular complexity index is 358. The lowest BCUT2D eigenvalue weighted by molar-refractivity contribution is -0.132. The van der Waals surface area contributed by atoms with Crippen LogP contribution in [-0.4, -0.2) is 36.0 Å². The fourth-order valence-electron chi connectivity index (χ4n) is 2.20. The number of rotatable bonds is 8. The lowest BCUT2D eigenvalue weighted by Crippen LogP contribution is -2.47. The van der Waals surface area contributed by atoms with Crippen LogP contribution in [0.4, 0.5) is 0 Å². The summed E-state index contributed by atoms with van der Waals surface area (Å²) in [5.41, 5.74) is 0. The van der Waals surface area contributed by atoms with Crippen molar-refractivity contribution in [3.63, 3.8) is 0 Å². The van der Waals surface area contributed by atoms with Crippen LogP contribution in [0.2, 0.25) is 0 Å². The second-order valence-electron chi connectivity index (χ2n) is 4.92. The van der Waals surface area contributed by atoms with Gasteiger partial charge in [0.1, 0.15) is 5.76 Å². The van der Waals surface area contributed by atoms with Gasteiger partial charge in [-0.05, 0) is 46.2 Å². The van der Waals surface area contributed by atoms with E-state index in [-0.39, 0.29) is 11.9 Å². The Morgan fingerprint density at radius 2 is 2.05 bits per heavy atom. The van der Waals surface area contributed by atoms with E-state index in [4.69, 9.17) is 4.42 Å². The first-order chi connectivity index (χ1) is 9.08. The first-order valence-electron chi connectivity index (χ1n) is 7.15. The van der Waals surface area contributed by atoms with Gasteiger partial charge in [-0.15, -0.1) is 0 Å². The summed E-state index contributed by atoms with van der Waals surface area (Å²) < 4.78 is 5.31. The molecule has 0 aliphatic heterocycles. The zero-order valence-corrected chi connectivity index (χ0v) is 12.5. The van der Waals surface area contributed by atoms with Gasteiger partial charge >= 0.3 is 0 Å². The molecule has 0 saturated heterocycles. The monoisotopic (exact) mass is 266 g/mol. The number of carbonyl (C=O) groups excluding carboxylic acids is 1. The van der Waals surface area contributed by atoms with Crippen molar-refractivity contribution >= 4 is 5.91 Å². The van der Waals surface area contributed by atoms with Crippen molar-refractivity contribution < 1.29 is 9.21 Å². The zero-order chi connectivity index (χ0) is 14.3. The van der Waals surface area contributed by atoms with Crippen LogP contribution in [0.1, 0.15) is 39.9 Å². The molecule has 4 heteroatoms. The van der Waals surface area contributed by atoms with Gasteiger partial charge < -0.3 is 14.6 Å². The summed E-state index contributed by atoms with van der Waals surface area (Å²) in [6.07, 6.45) is 3.55. The number of hydrogen-bond acceptors (Lipinski definition) is 3. The predicted octanol–water partition coefficient (Wildman–Crippen LogP) is 2.45. The maximum atomic E-state index is 12.1. The first kappa shape index (κ1) is 15.8. The Balaban J connectivity index is 2.34. The van der Waals surface area contributed by atoms with E-state index in [0.29, 0.717) is 6.04 Å². The molecule has 0 spiro atoms. The molecule has 0 saturated carbocycles. The fourth-order valence-corrected chi connectivity index (χ4v) is 2.20. The minimum atomic E-state index is -0.133. The van der Waals surface area contributed by atoms with Gasteiger partial charge in [0, 0.05) is 25.6 Å². The lowest BCUT2D eigenvalue weighted by atomic mass is 10.1. The zero-order valence-electron chi connectivity index (χ0n) is 12.5. The molecule has 1 rings (SSSR count). The van der Waals surface area contributed by atoms with Crippen LogP contribution in [0.15, 0.2) is 22.8 Å². The minimum absolute atomic E-state index is 0.133. The van der Waals surface area contributed by atoms with Crippen molar-refractivity contribution in [2.24, 2.45) is 0 Å². The predicted molar refractivity (Wildman–Crippen MR) is 77.0 cm³/mol. The van der Waals surface area contributed by atoms with E-state index in [1.54, 1.807) is 6.26 Å². The average molecular weight is 266 g/mol. The molecule has 4 nitrogen and oxygen atoms in total. The largest absolute Gasteiger partial charge is 0.469 e. The molecule has 1 N–H and O–H groups in total. The summed E-state index contributed by atoms with van der Waals surface area (Å²) in [5, 5.41) is 3.36. The Kier molecular flexibility index (Phi) is 6.64. The molecule has 0 aromatic carbocycles. The Labute approximate surface area is 116 Å². The summed E-state index contributed by atoms with van der Waals surface area (Å²) in [5.74, 6) is 1.17. The quantitative estimate of drug-likeness (QED) is 0.786. The molecule has 1 amide bonds. The molecular formula is C15H26N2O2. The van der Waals surface area contributed by atoms with E-state index in [1.807, 2.05) is 37.8 Å². The van der Waals surface area contributed by atoms with Crippen LogP contribution >= 0.6 is 0 Å². The van der Waals surface area contributed by atoms with Crippen molar-refractivity contribution in [2.75, 3.05) is 13.1 Å². The number of nitrogens with zero attached hydrogens (tertiary/aromatic N) is 1. The molecule has 0 aliphatic carbocycles. The van der Waals surface area contributed by atoms with Crippen LogP contribution in [0.5, 0.6) is 0 Å². The molecule has 19 heavy (non-hydrogen) atoms. The van der Waals surface area contributed by atoms with E-state index < -0.39 is 0 Å². The van der Waals surface area contributed by atoms with Crippen LogP contribution < -0.4 is 5.32 Å². The van der Waals surface area contributed by atoms with Gasteiger partial charge in [-0.3, -0.25) is 4.79 Å². The number of amides is 1. The first-order valence-corrected chi connectivity index (χ1v) is 7.15. The highest BCUT2D eigenvalue weighted by Crippen LogP contribution is 2.06. The number of likely N-dealkylation sites (N-methyl/N-ethyl adjacent to an activating group) is 1. The normalized spacial score (nSPS) is 14.1. The van der Waals surface area contributed by atoms with E-state index in [9.17, 15) is 4.79 Å². The van der Waals surface area contributed by atoms with Crippen molar-refractivity contribution in [3.05, 3.63) is 24.2 Å². The van der Waals surface area contributed by atoms with Gasteiger partial charge in [-0.2, -0.15) is 0 Å². The molecule has 0 fully saturated rings. The molecule has 0 bridgehead atoms. The van der Waals surface area contributed by atoms with Crippen LogP contribution in [0.3, 0.4) is 0 Å². The number of hydrogen-bond donors (Lipinski definition) is 1. The van der Waals surface area contributed by atoms with Crippen molar-refractivity contribution in [1.82, 2.24) is 10.2 Å². The Hall–Kier alpha value is -1.29. The smallest absolute Gasteiger partial charge is 0.239 e. The second kappa shape index (κ2) is 8.00. The molecule has 2 atom stereocenters. The van der Waals surface area contributed by atoms with E-state index in [1.165, 1.54) is 0 Å². The number of furan rings is 1. The standard InChI is InChI=1S/C15H26N2O2/c1-5-17(6-2)15(18)13(4)16-12(3)9-10-14-8-7-11-19-14/h7-8,11-13,16H,5-6,9-10H2,1-4H3. The van der Waals surface area contributed by atoms with Gasteiger partial charge in [0.05, 0.1) is 12.3 Å². The van der Waals surface area contributed by atoms with Crippen molar-refractivity contribution in [2.45, 2.75) is 52.6 Å². The van der Waals surface area contributed by atoms with Crippen molar-refractivity contribution in [1.29, 1.82) is 0 Å². The Morgan fingerprint density at radius 1 is 1.37 bits per heavy atom. The van der Waals surface area contributed by atoms with Crippen molar-refractivity contribution in [3.8, 4) is 0 Å². The third-order valence-electron chi connectivity index (χ3n) is 3.38. The van der Waals surface area contributed by atoms with E-state index in [2.05, 4.69) is 12.2 Å². The number of aryl methyl sites for hydroxylation is 1. The summed E-state index contributed by atoms with van der Waals surface area (Å²) >= 11 is 0. The summed E-state index contributed by atoms with van der Waals surface area (Å²) in [6.45, 7) is 9.59. The highest BCUT2D eigenvalue weighted by molar-refractivity contribution is 5.81. The van der Waals surface area contributed by atoms with Gasteiger partial charge in [0.15, 0.2) is 0 Å². The van der Waals surface area contributed by atoms with Gasteiger partial charge in [0.2, 0.25) is 5.91 Å². The highest BCUT2D eigenvalue weighted by atomic mass is 16.3. The maximum absolute atomic E-state index is 12.1. The fraction of sp³-hybridized carbons (Fsp3) is 0.667. The molecule has 2 unspecified atom stereocenters. The van der Waals surface area contributed by atoms with Crippen LogP contribution in [-0.2, 0) is 11.2 Å². The summed E-state index contributed by atoms with van der Waals surface area (Å²) in [6, 6.07) is 4.04. The lowest BCUT2D eigenvalue weighted by Gasteiger charge is -2.25. The highest BCUT2D eigenvalue weighted by Gasteiger charge is 2.19. The summed E-state index contributed by atoms with van der Waals surface area (Å²) in [4.78, 5) is 14.0. The topological polar surface area (TPSA) is 45.5 Å². The summed E-state index contributed by atoms with van der Waals surface area (Å²) in [7, 11) is 0. The van der Waals surface area contributed by atoms with Crippen LogP contribution in [0.25, 0.3) is 0 Å². The molecule has 0 radical (unpaired) electrons. The third kappa shape index (κ3) is 5.07. The molecule has 1 aromatic rings. The molecule has 1 heterocycles. The Morgan fingerprint density at radius 3 is 2.58 bits per heavy atom. The van der Waals surface area contributed by atoms with Crippen LogP contribution in [0, 0.1) is 0 Å². The molecule has 108 valence electrons. The van der Waals surface area contributed by atoms with Gasteiger partial charge in [0.25, 0.3) is 0 Å². The SMILES string of the molecule is CCN(CC)C(=O)C(C)NC(C)CCc1ccco1. The van der Waals surface area contributed by atoms with E-state index >= 15 is 0 Å². The average Bonchev–Trinajstić information content (AvgIpc) is 2.90. The molecule has 1 aromatic heterocycles. The third-order valence-corrected chi connectivity index (χ3v) is 3.38. The second-order valence-corrected chi connectivity index (χ2v) is 4.92. The number of carbonyl (C=O) groups is 1. The molecule has 0 aliphatic rings. The van der Waals surface area contributed by atoms with Gasteiger partial charge in [-0.1, -0.05) is 0 Å². The maximum Gasteiger partial charge on any atom is 0.239 e. The molecular weight excluding hydrogens is 240 g/mol. The van der Waals surface area contributed by atoms with Gasteiger partial charge in [-0.25, -0.2) is 0 Å². The number of nitrogens with one attached hydrogen (secondary N) is 1. The minimum Gasteiger partial charge on any atom is -0.469 e. The van der Waals surface area contributed by atoms with E-state index in [0.717, 1.165) is 31.7 Å².